The molecule has 0 bridgehead atoms. The lowest BCUT2D eigenvalue weighted by molar-refractivity contribution is 0.319. The molecule has 0 saturated heterocycles. The van der Waals surface area contributed by atoms with Crippen LogP contribution in [0.1, 0.15) is 25.5 Å². The van der Waals surface area contributed by atoms with Gasteiger partial charge in [0.15, 0.2) is 0 Å². The van der Waals surface area contributed by atoms with Gasteiger partial charge < -0.3 is 5.73 Å². The van der Waals surface area contributed by atoms with Crippen molar-refractivity contribution in [2.45, 2.75) is 30.1 Å². The molecule has 2 N–H and O–H groups in total. The minimum absolute atomic E-state index is 0.288. The fourth-order valence-electron chi connectivity index (χ4n) is 2.55. The lowest BCUT2D eigenvalue weighted by Crippen LogP contribution is -2.52. The van der Waals surface area contributed by atoms with Crippen LogP contribution in [0.2, 0.25) is 0 Å². The predicted molar refractivity (Wildman–Crippen MR) is 87.3 cm³/mol. The van der Waals surface area contributed by atoms with Crippen LogP contribution in [0.4, 0.5) is 8.78 Å². The molecule has 126 valence electrons. The van der Waals surface area contributed by atoms with Gasteiger partial charge in [-0.2, -0.15) is 5.26 Å². The SMILES string of the molecule is C[C@]1(C#N)CCCN=S1(=O)C[C@@](N)(CF)c1nc(Br)ccc1F. The summed E-state index contributed by atoms with van der Waals surface area (Å²) in [6.07, 6.45) is 1.00. The normalized spacial score (nSPS) is 30.1. The lowest BCUT2D eigenvalue weighted by atomic mass is 10.00. The van der Waals surface area contributed by atoms with Gasteiger partial charge in [0, 0.05) is 6.54 Å². The molecule has 1 aliphatic heterocycles. The van der Waals surface area contributed by atoms with E-state index in [2.05, 4.69) is 25.3 Å². The predicted octanol–water partition coefficient (Wildman–Crippen LogP) is 2.65. The summed E-state index contributed by atoms with van der Waals surface area (Å²) in [6, 6.07) is 4.50. The first-order valence-electron chi connectivity index (χ1n) is 6.98. The van der Waals surface area contributed by atoms with E-state index in [1.54, 1.807) is 0 Å². The summed E-state index contributed by atoms with van der Waals surface area (Å²) in [4.78, 5) is 3.91. The van der Waals surface area contributed by atoms with Gasteiger partial charge in [0.25, 0.3) is 0 Å². The standard InChI is InChI=1S/C14H17BrF2N4OS/c1-13(8-18)5-2-6-20-23(13,22)9-14(19,7-16)12-10(17)3-4-11(15)21-12/h3-4H,2,5-7,9,19H2,1H3/t13-,14+,23?/m1/s1. The Hall–Kier alpha value is -1.11. The Balaban J connectivity index is 2.54. The van der Waals surface area contributed by atoms with Crippen LogP contribution in [0.15, 0.2) is 21.1 Å². The van der Waals surface area contributed by atoms with E-state index in [1.165, 1.54) is 13.0 Å². The molecule has 1 unspecified atom stereocenters. The van der Waals surface area contributed by atoms with Crippen LogP contribution in [0.3, 0.4) is 0 Å². The van der Waals surface area contributed by atoms with E-state index in [-0.39, 0.29) is 10.3 Å². The number of alkyl halides is 1. The quantitative estimate of drug-likeness (QED) is 0.777. The number of halogens is 3. The maximum absolute atomic E-state index is 14.1. The maximum Gasteiger partial charge on any atom is 0.146 e. The molecule has 0 amide bonds. The molecule has 1 aromatic heterocycles. The summed E-state index contributed by atoms with van der Waals surface area (Å²) >= 11 is 3.09. The number of nitrogens with zero attached hydrogens (tertiary/aromatic N) is 3. The molecule has 0 aromatic carbocycles. The van der Waals surface area contributed by atoms with Crippen molar-refractivity contribution in [1.82, 2.24) is 4.98 Å². The van der Waals surface area contributed by atoms with Gasteiger partial charge in [-0.3, -0.25) is 0 Å². The summed E-state index contributed by atoms with van der Waals surface area (Å²) in [5.74, 6) is -1.24. The van der Waals surface area contributed by atoms with Gasteiger partial charge in [-0.25, -0.2) is 22.3 Å². The molecule has 23 heavy (non-hydrogen) atoms. The molecule has 1 aliphatic rings. The van der Waals surface area contributed by atoms with Crippen LogP contribution in [-0.2, 0) is 15.3 Å². The second kappa shape index (κ2) is 6.42. The molecule has 9 heteroatoms. The van der Waals surface area contributed by atoms with Gasteiger partial charge >= 0.3 is 0 Å². The molecule has 0 spiro atoms. The van der Waals surface area contributed by atoms with Crippen LogP contribution in [0.25, 0.3) is 0 Å². The summed E-state index contributed by atoms with van der Waals surface area (Å²) in [5, 5.41) is 9.40. The Morgan fingerprint density at radius 2 is 2.30 bits per heavy atom. The Morgan fingerprint density at radius 3 is 2.91 bits per heavy atom. The average molecular weight is 407 g/mol. The molecule has 0 radical (unpaired) electrons. The number of hydrogen-bond donors (Lipinski definition) is 1. The third kappa shape index (κ3) is 3.25. The molecule has 0 fully saturated rings. The summed E-state index contributed by atoms with van der Waals surface area (Å²) in [5.41, 5.74) is 3.80. The van der Waals surface area contributed by atoms with E-state index in [9.17, 15) is 18.3 Å². The highest BCUT2D eigenvalue weighted by atomic mass is 79.9. The third-order valence-electron chi connectivity index (χ3n) is 4.03. The monoisotopic (exact) mass is 406 g/mol. The molecule has 3 atom stereocenters. The Labute approximate surface area is 142 Å². The zero-order valence-electron chi connectivity index (χ0n) is 12.6. The van der Waals surface area contributed by atoms with Crippen molar-refractivity contribution in [2.24, 2.45) is 10.1 Å². The Morgan fingerprint density at radius 1 is 1.61 bits per heavy atom. The van der Waals surface area contributed by atoms with E-state index >= 15 is 0 Å². The van der Waals surface area contributed by atoms with E-state index in [0.29, 0.717) is 19.4 Å². The maximum atomic E-state index is 14.1. The molecular formula is C14H17BrF2N4OS. The molecule has 5 nitrogen and oxygen atoms in total. The fraction of sp³-hybridized carbons (Fsp3) is 0.571. The minimum Gasteiger partial charge on any atom is -0.317 e. The molecule has 2 rings (SSSR count). The largest absolute Gasteiger partial charge is 0.317 e. The van der Waals surface area contributed by atoms with Crippen molar-refractivity contribution in [2.75, 3.05) is 19.0 Å². The van der Waals surface area contributed by atoms with Crippen LogP contribution < -0.4 is 5.73 Å². The minimum atomic E-state index is -3.15. The number of rotatable bonds is 4. The highest BCUT2D eigenvalue weighted by molar-refractivity contribution is 9.10. The zero-order chi connectivity index (χ0) is 17.3. The van der Waals surface area contributed by atoms with E-state index in [1.807, 2.05) is 6.07 Å². The zero-order valence-corrected chi connectivity index (χ0v) is 15.0. The highest BCUT2D eigenvalue weighted by Crippen LogP contribution is 2.34. The van der Waals surface area contributed by atoms with E-state index in [4.69, 9.17) is 5.73 Å². The Bertz CT molecular complexity index is 775. The number of pyridine rings is 1. The van der Waals surface area contributed by atoms with Crippen molar-refractivity contribution in [3.63, 3.8) is 0 Å². The third-order valence-corrected chi connectivity index (χ3v) is 7.68. The van der Waals surface area contributed by atoms with Gasteiger partial charge in [0.05, 0.1) is 21.6 Å². The van der Waals surface area contributed by atoms with Gasteiger partial charge in [0.2, 0.25) is 0 Å². The molecule has 1 aromatic rings. The summed E-state index contributed by atoms with van der Waals surface area (Å²) in [7, 11) is -3.15. The summed E-state index contributed by atoms with van der Waals surface area (Å²) in [6.45, 7) is 0.676. The van der Waals surface area contributed by atoms with Crippen molar-refractivity contribution in [3.8, 4) is 6.07 Å². The topological polar surface area (TPSA) is 92.1 Å². The fourth-order valence-corrected chi connectivity index (χ4v) is 5.50. The molecule has 2 heterocycles. The van der Waals surface area contributed by atoms with Crippen molar-refractivity contribution >= 4 is 25.7 Å². The summed E-state index contributed by atoms with van der Waals surface area (Å²) < 4.78 is 44.2. The second-order valence-corrected chi connectivity index (χ2v) is 9.38. The number of aromatic nitrogens is 1. The first-order chi connectivity index (χ1) is 10.7. The number of hydrogen-bond acceptors (Lipinski definition) is 5. The van der Waals surface area contributed by atoms with Crippen LogP contribution in [0.5, 0.6) is 0 Å². The van der Waals surface area contributed by atoms with E-state index < -0.39 is 38.3 Å². The van der Waals surface area contributed by atoms with Gasteiger partial charge in [-0.1, -0.05) is 0 Å². The second-order valence-electron chi connectivity index (χ2n) is 5.84. The first-order valence-corrected chi connectivity index (χ1v) is 9.46. The average Bonchev–Trinajstić information content (AvgIpc) is 2.52. The van der Waals surface area contributed by atoms with Crippen molar-refractivity contribution in [1.29, 1.82) is 5.26 Å². The van der Waals surface area contributed by atoms with Crippen LogP contribution >= 0.6 is 15.9 Å². The van der Waals surface area contributed by atoms with Crippen molar-refractivity contribution < 1.29 is 13.0 Å². The first kappa shape index (κ1) is 18.2. The smallest absolute Gasteiger partial charge is 0.146 e. The van der Waals surface area contributed by atoms with Gasteiger partial charge in [0.1, 0.15) is 33.1 Å². The number of nitrogens with two attached hydrogens (primary N) is 1. The highest BCUT2D eigenvalue weighted by Gasteiger charge is 2.46. The Kier molecular flexibility index (Phi) is 5.09. The number of nitriles is 1. The molecule has 0 saturated carbocycles. The van der Waals surface area contributed by atoms with Crippen LogP contribution in [-0.4, -0.2) is 32.9 Å². The van der Waals surface area contributed by atoms with Gasteiger partial charge in [-0.15, -0.1) is 0 Å². The van der Waals surface area contributed by atoms with Crippen LogP contribution in [0, 0.1) is 17.1 Å². The van der Waals surface area contributed by atoms with E-state index in [0.717, 1.165) is 6.07 Å². The molecule has 0 aliphatic carbocycles. The van der Waals surface area contributed by atoms with Crippen molar-refractivity contribution in [3.05, 3.63) is 28.2 Å². The lowest BCUT2D eigenvalue weighted by Gasteiger charge is -2.35. The molecular weight excluding hydrogens is 390 g/mol. The van der Waals surface area contributed by atoms with Gasteiger partial charge in [-0.05, 0) is 47.8 Å².